The second kappa shape index (κ2) is 9.21. The van der Waals surface area contributed by atoms with Gasteiger partial charge in [0.15, 0.2) is 0 Å². The first-order chi connectivity index (χ1) is 12.5. The first kappa shape index (κ1) is 21.2. The second-order valence-corrected chi connectivity index (χ2v) is 8.14. The SMILES string of the molecule is Cc1ccccc1NS(=O)(=O)c1ccc(C(=O)N[C@H]2CCCNC2)cc1.Cl. The van der Waals surface area contributed by atoms with Gasteiger partial charge in [-0.2, -0.15) is 0 Å². The van der Waals surface area contributed by atoms with Gasteiger partial charge in [0.2, 0.25) is 0 Å². The highest BCUT2D eigenvalue weighted by Gasteiger charge is 2.18. The van der Waals surface area contributed by atoms with E-state index in [0.29, 0.717) is 11.3 Å². The Morgan fingerprint density at radius 3 is 2.44 bits per heavy atom. The van der Waals surface area contributed by atoms with Crippen molar-refractivity contribution in [1.29, 1.82) is 0 Å². The van der Waals surface area contributed by atoms with Crippen LogP contribution in [0.1, 0.15) is 28.8 Å². The minimum absolute atomic E-state index is 0. The highest BCUT2D eigenvalue weighted by molar-refractivity contribution is 7.92. The molecule has 146 valence electrons. The van der Waals surface area contributed by atoms with Crippen LogP contribution in [0.4, 0.5) is 5.69 Å². The lowest BCUT2D eigenvalue weighted by Gasteiger charge is -2.23. The summed E-state index contributed by atoms with van der Waals surface area (Å²) in [6, 6.07) is 13.3. The van der Waals surface area contributed by atoms with Crippen molar-refractivity contribution in [3.8, 4) is 0 Å². The topological polar surface area (TPSA) is 87.3 Å². The quantitative estimate of drug-likeness (QED) is 0.708. The van der Waals surface area contributed by atoms with Crippen molar-refractivity contribution in [2.75, 3.05) is 17.8 Å². The molecule has 1 aliphatic rings. The molecular formula is C19H24ClN3O3S. The molecule has 0 unspecified atom stereocenters. The summed E-state index contributed by atoms with van der Waals surface area (Å²) in [5.74, 6) is -0.186. The van der Waals surface area contributed by atoms with Crippen molar-refractivity contribution in [2.24, 2.45) is 0 Å². The number of para-hydroxylation sites is 1. The Hall–Kier alpha value is -2.09. The van der Waals surface area contributed by atoms with Crippen molar-refractivity contribution in [3.05, 3.63) is 59.7 Å². The molecular weight excluding hydrogens is 386 g/mol. The van der Waals surface area contributed by atoms with Gasteiger partial charge in [0, 0.05) is 18.2 Å². The van der Waals surface area contributed by atoms with E-state index in [2.05, 4.69) is 15.4 Å². The van der Waals surface area contributed by atoms with Gasteiger partial charge in [-0.1, -0.05) is 18.2 Å². The number of carbonyl (C=O) groups is 1. The number of aryl methyl sites for hydroxylation is 1. The van der Waals surface area contributed by atoms with Crippen molar-refractivity contribution in [3.63, 3.8) is 0 Å². The Kier molecular flexibility index (Phi) is 7.24. The van der Waals surface area contributed by atoms with Gasteiger partial charge in [-0.05, 0) is 62.2 Å². The highest BCUT2D eigenvalue weighted by Crippen LogP contribution is 2.19. The molecule has 1 amide bonds. The predicted molar refractivity (Wildman–Crippen MR) is 109 cm³/mol. The van der Waals surface area contributed by atoms with Gasteiger partial charge in [-0.25, -0.2) is 8.42 Å². The maximum absolute atomic E-state index is 12.5. The first-order valence-electron chi connectivity index (χ1n) is 8.66. The van der Waals surface area contributed by atoms with E-state index in [9.17, 15) is 13.2 Å². The number of hydrogen-bond donors (Lipinski definition) is 3. The fourth-order valence-electron chi connectivity index (χ4n) is 2.92. The molecule has 0 saturated carbocycles. The number of anilines is 1. The lowest BCUT2D eigenvalue weighted by Crippen LogP contribution is -2.45. The standard InChI is InChI=1S/C19H23N3O3S.ClH/c1-14-5-2-3-7-18(14)22-26(24,25)17-10-8-15(9-11-17)19(23)21-16-6-4-12-20-13-16;/h2-3,5,7-11,16,20,22H,4,6,12-13H2,1H3,(H,21,23);1H/t16-;/m0./s1. The Morgan fingerprint density at radius 2 is 1.81 bits per heavy atom. The van der Waals surface area contributed by atoms with Crippen molar-refractivity contribution < 1.29 is 13.2 Å². The Morgan fingerprint density at radius 1 is 1.11 bits per heavy atom. The molecule has 0 spiro atoms. The van der Waals surface area contributed by atoms with Gasteiger partial charge in [0.1, 0.15) is 0 Å². The molecule has 1 heterocycles. The number of benzene rings is 2. The van der Waals surface area contributed by atoms with Crippen molar-refractivity contribution in [2.45, 2.75) is 30.7 Å². The molecule has 1 fully saturated rings. The average molecular weight is 410 g/mol. The van der Waals surface area contributed by atoms with Crippen LogP contribution in [-0.2, 0) is 10.0 Å². The van der Waals surface area contributed by atoms with Gasteiger partial charge in [-0.15, -0.1) is 12.4 Å². The molecule has 0 bridgehead atoms. The third-order valence-electron chi connectivity index (χ3n) is 4.45. The normalized spacial score (nSPS) is 16.9. The molecule has 2 aromatic carbocycles. The maximum Gasteiger partial charge on any atom is 0.261 e. The lowest BCUT2D eigenvalue weighted by molar-refractivity contribution is 0.0930. The molecule has 3 rings (SSSR count). The third kappa shape index (κ3) is 5.45. The molecule has 1 atom stereocenters. The van der Waals surface area contributed by atoms with Crippen LogP contribution in [0.2, 0.25) is 0 Å². The molecule has 0 aliphatic carbocycles. The fraction of sp³-hybridized carbons (Fsp3) is 0.316. The number of nitrogens with one attached hydrogen (secondary N) is 3. The smallest absolute Gasteiger partial charge is 0.261 e. The maximum atomic E-state index is 12.5. The molecule has 0 aromatic heterocycles. The predicted octanol–water partition coefficient (Wildman–Crippen LogP) is 2.70. The summed E-state index contributed by atoms with van der Waals surface area (Å²) in [5.41, 5.74) is 1.83. The van der Waals surface area contributed by atoms with Gasteiger partial charge in [0.05, 0.1) is 10.6 Å². The van der Waals surface area contributed by atoms with Gasteiger partial charge in [0.25, 0.3) is 15.9 Å². The van der Waals surface area contributed by atoms with E-state index in [0.717, 1.165) is 31.5 Å². The zero-order valence-corrected chi connectivity index (χ0v) is 16.7. The van der Waals surface area contributed by atoms with Crippen LogP contribution in [0, 0.1) is 6.92 Å². The van der Waals surface area contributed by atoms with E-state index >= 15 is 0 Å². The second-order valence-electron chi connectivity index (χ2n) is 6.46. The van der Waals surface area contributed by atoms with E-state index in [1.165, 1.54) is 24.3 Å². The van der Waals surface area contributed by atoms with Crippen molar-refractivity contribution >= 4 is 34.0 Å². The van der Waals surface area contributed by atoms with Crippen LogP contribution < -0.4 is 15.4 Å². The number of halogens is 1. The Labute approximate surface area is 166 Å². The minimum atomic E-state index is -3.70. The Balaban J connectivity index is 0.00000261. The molecule has 27 heavy (non-hydrogen) atoms. The number of carbonyl (C=O) groups excluding carboxylic acids is 1. The van der Waals surface area contributed by atoms with Crippen LogP contribution in [0.5, 0.6) is 0 Å². The number of amides is 1. The zero-order chi connectivity index (χ0) is 18.6. The zero-order valence-electron chi connectivity index (χ0n) is 15.1. The summed E-state index contributed by atoms with van der Waals surface area (Å²) in [6.07, 6.45) is 1.98. The molecule has 8 heteroatoms. The molecule has 6 nitrogen and oxygen atoms in total. The number of rotatable bonds is 5. The summed E-state index contributed by atoms with van der Waals surface area (Å²) in [7, 11) is -3.70. The van der Waals surface area contributed by atoms with E-state index in [1.54, 1.807) is 12.1 Å². The van der Waals surface area contributed by atoms with Crippen LogP contribution >= 0.6 is 12.4 Å². The summed E-state index contributed by atoms with van der Waals surface area (Å²) in [4.78, 5) is 12.4. The van der Waals surface area contributed by atoms with Gasteiger partial charge < -0.3 is 10.6 Å². The van der Waals surface area contributed by atoms with E-state index < -0.39 is 10.0 Å². The van der Waals surface area contributed by atoms with Gasteiger partial charge >= 0.3 is 0 Å². The van der Waals surface area contributed by atoms with Crippen LogP contribution in [-0.4, -0.2) is 33.5 Å². The third-order valence-corrected chi connectivity index (χ3v) is 5.83. The molecule has 0 radical (unpaired) electrons. The van der Waals surface area contributed by atoms with Gasteiger partial charge in [-0.3, -0.25) is 9.52 Å². The first-order valence-corrected chi connectivity index (χ1v) is 10.1. The average Bonchev–Trinajstić information content (AvgIpc) is 2.64. The molecule has 2 aromatic rings. The fourth-order valence-corrected chi connectivity index (χ4v) is 4.05. The monoisotopic (exact) mass is 409 g/mol. The molecule has 1 saturated heterocycles. The summed E-state index contributed by atoms with van der Waals surface area (Å²) in [6.45, 7) is 3.58. The number of hydrogen-bond acceptors (Lipinski definition) is 4. The van der Waals surface area contributed by atoms with Crippen molar-refractivity contribution in [1.82, 2.24) is 10.6 Å². The summed E-state index contributed by atoms with van der Waals surface area (Å²) in [5, 5.41) is 6.22. The highest BCUT2D eigenvalue weighted by atomic mass is 35.5. The summed E-state index contributed by atoms with van der Waals surface area (Å²) < 4.78 is 27.6. The van der Waals surface area contributed by atoms with E-state index in [4.69, 9.17) is 0 Å². The molecule has 1 aliphatic heterocycles. The lowest BCUT2D eigenvalue weighted by atomic mass is 10.1. The largest absolute Gasteiger partial charge is 0.348 e. The van der Waals surface area contributed by atoms with Crippen LogP contribution in [0.15, 0.2) is 53.4 Å². The Bertz CT molecular complexity index is 879. The number of sulfonamides is 1. The summed E-state index contributed by atoms with van der Waals surface area (Å²) >= 11 is 0. The number of piperidine rings is 1. The van der Waals surface area contributed by atoms with E-state index in [1.807, 2.05) is 19.1 Å². The van der Waals surface area contributed by atoms with Crippen LogP contribution in [0.25, 0.3) is 0 Å². The van der Waals surface area contributed by atoms with Crippen LogP contribution in [0.3, 0.4) is 0 Å². The van der Waals surface area contributed by atoms with E-state index in [-0.39, 0.29) is 29.3 Å². The minimum Gasteiger partial charge on any atom is -0.348 e. The molecule has 3 N–H and O–H groups in total.